The van der Waals surface area contributed by atoms with Crippen molar-refractivity contribution in [3.05, 3.63) is 29.3 Å². The molecule has 1 aromatic carbocycles. The Kier molecular flexibility index (Phi) is 3.01. The molecule has 0 saturated heterocycles. The minimum absolute atomic E-state index is 0.00207. The summed E-state index contributed by atoms with van der Waals surface area (Å²) < 4.78 is 0. The van der Waals surface area contributed by atoms with Gasteiger partial charge in [-0.25, -0.2) is 0 Å². The molecule has 2 atom stereocenters. The van der Waals surface area contributed by atoms with Crippen LogP contribution in [0.1, 0.15) is 42.1 Å². The van der Waals surface area contributed by atoms with Gasteiger partial charge in [0.15, 0.2) is 0 Å². The average Bonchev–Trinajstić information content (AvgIpc) is 2.98. The first-order valence-electron chi connectivity index (χ1n) is 6.91. The van der Waals surface area contributed by atoms with Gasteiger partial charge in [-0.15, -0.1) is 0 Å². The standard InChI is InChI=1S/C15H18N2O2/c1-2-3-9-7-13(9)17-15(19)10-4-5-12-11(6-10)8-14(18)16-12/h4-6,9,13H,2-3,7-8H2,1H3,(H,16,18)(H,17,19). The molecule has 19 heavy (non-hydrogen) atoms. The first kappa shape index (κ1) is 12.2. The van der Waals surface area contributed by atoms with Crippen molar-refractivity contribution in [1.29, 1.82) is 0 Å². The summed E-state index contributed by atoms with van der Waals surface area (Å²) in [5, 5.41) is 5.83. The molecular weight excluding hydrogens is 240 g/mol. The van der Waals surface area contributed by atoms with Crippen molar-refractivity contribution >= 4 is 17.5 Å². The number of amides is 2. The monoisotopic (exact) mass is 258 g/mol. The Bertz CT molecular complexity index is 539. The molecule has 1 fully saturated rings. The van der Waals surface area contributed by atoms with E-state index < -0.39 is 0 Å². The van der Waals surface area contributed by atoms with E-state index in [4.69, 9.17) is 0 Å². The molecule has 0 bridgehead atoms. The number of anilines is 1. The Balaban J connectivity index is 1.65. The molecule has 1 saturated carbocycles. The van der Waals surface area contributed by atoms with Crippen LogP contribution in [0.15, 0.2) is 18.2 Å². The minimum Gasteiger partial charge on any atom is -0.349 e. The predicted octanol–water partition coefficient (Wildman–Crippen LogP) is 2.10. The molecule has 100 valence electrons. The molecule has 2 aliphatic rings. The van der Waals surface area contributed by atoms with Crippen molar-refractivity contribution in [2.45, 2.75) is 38.6 Å². The number of carbonyl (C=O) groups is 2. The Morgan fingerprint density at radius 1 is 1.47 bits per heavy atom. The summed E-state index contributed by atoms with van der Waals surface area (Å²) in [5.41, 5.74) is 2.40. The van der Waals surface area contributed by atoms with Crippen LogP contribution in [0.25, 0.3) is 0 Å². The van der Waals surface area contributed by atoms with Crippen LogP contribution in [0.2, 0.25) is 0 Å². The highest BCUT2D eigenvalue weighted by atomic mass is 16.2. The third-order valence-electron chi connectivity index (χ3n) is 3.89. The zero-order valence-electron chi connectivity index (χ0n) is 11.0. The quantitative estimate of drug-likeness (QED) is 0.869. The van der Waals surface area contributed by atoms with Gasteiger partial charge in [-0.05, 0) is 42.5 Å². The maximum atomic E-state index is 12.1. The Morgan fingerprint density at radius 2 is 2.32 bits per heavy atom. The van der Waals surface area contributed by atoms with Crippen LogP contribution in [-0.4, -0.2) is 17.9 Å². The summed E-state index contributed by atoms with van der Waals surface area (Å²) in [6.07, 6.45) is 3.83. The fraction of sp³-hybridized carbons (Fsp3) is 0.467. The van der Waals surface area contributed by atoms with E-state index in [1.807, 2.05) is 12.1 Å². The molecule has 0 aromatic heterocycles. The van der Waals surface area contributed by atoms with Crippen LogP contribution in [0.4, 0.5) is 5.69 Å². The topological polar surface area (TPSA) is 58.2 Å². The van der Waals surface area contributed by atoms with Crippen molar-refractivity contribution in [2.75, 3.05) is 5.32 Å². The molecule has 4 heteroatoms. The number of nitrogens with one attached hydrogen (secondary N) is 2. The largest absolute Gasteiger partial charge is 0.349 e. The molecule has 2 amide bonds. The van der Waals surface area contributed by atoms with E-state index in [9.17, 15) is 9.59 Å². The second-order valence-corrected chi connectivity index (χ2v) is 5.46. The lowest BCUT2D eigenvalue weighted by atomic mass is 10.1. The number of rotatable bonds is 4. The highest BCUT2D eigenvalue weighted by molar-refractivity contribution is 6.01. The van der Waals surface area contributed by atoms with Crippen molar-refractivity contribution < 1.29 is 9.59 Å². The minimum atomic E-state index is -0.0225. The summed E-state index contributed by atoms with van der Waals surface area (Å²) >= 11 is 0. The molecule has 1 heterocycles. The van der Waals surface area contributed by atoms with E-state index in [1.54, 1.807) is 6.07 Å². The Hall–Kier alpha value is -1.84. The van der Waals surface area contributed by atoms with Gasteiger partial charge in [-0.1, -0.05) is 13.3 Å². The molecule has 1 aromatic rings. The Morgan fingerprint density at radius 3 is 3.11 bits per heavy atom. The highest BCUT2D eigenvalue weighted by Gasteiger charge is 2.37. The number of fused-ring (bicyclic) bond motifs is 1. The summed E-state index contributed by atoms with van der Waals surface area (Å²) in [7, 11) is 0. The second kappa shape index (κ2) is 4.68. The summed E-state index contributed by atoms with van der Waals surface area (Å²) in [4.78, 5) is 23.4. The summed E-state index contributed by atoms with van der Waals surface area (Å²) in [5.74, 6) is 0.634. The maximum absolute atomic E-state index is 12.1. The fourth-order valence-corrected chi connectivity index (χ4v) is 2.74. The van der Waals surface area contributed by atoms with E-state index in [0.717, 1.165) is 17.7 Å². The van der Waals surface area contributed by atoms with E-state index in [-0.39, 0.29) is 11.8 Å². The van der Waals surface area contributed by atoms with Gasteiger partial charge < -0.3 is 10.6 Å². The maximum Gasteiger partial charge on any atom is 0.251 e. The second-order valence-electron chi connectivity index (χ2n) is 5.46. The van der Waals surface area contributed by atoms with E-state index in [1.165, 1.54) is 12.8 Å². The summed E-state index contributed by atoms with van der Waals surface area (Å²) in [6.45, 7) is 2.17. The highest BCUT2D eigenvalue weighted by Crippen LogP contribution is 2.34. The number of hydrogen-bond acceptors (Lipinski definition) is 2. The lowest BCUT2D eigenvalue weighted by Crippen LogP contribution is -2.26. The zero-order chi connectivity index (χ0) is 13.4. The molecule has 1 aliphatic heterocycles. The molecule has 0 spiro atoms. The zero-order valence-corrected chi connectivity index (χ0v) is 11.0. The van der Waals surface area contributed by atoms with Gasteiger partial charge in [0.1, 0.15) is 0 Å². The molecule has 2 N–H and O–H groups in total. The Labute approximate surface area is 112 Å². The third kappa shape index (κ3) is 2.48. The van der Waals surface area contributed by atoms with E-state index >= 15 is 0 Å². The van der Waals surface area contributed by atoms with Gasteiger partial charge in [-0.2, -0.15) is 0 Å². The smallest absolute Gasteiger partial charge is 0.251 e. The lowest BCUT2D eigenvalue weighted by Gasteiger charge is -2.06. The number of hydrogen-bond donors (Lipinski definition) is 2. The van der Waals surface area contributed by atoms with Gasteiger partial charge in [0, 0.05) is 17.3 Å². The van der Waals surface area contributed by atoms with Crippen LogP contribution >= 0.6 is 0 Å². The van der Waals surface area contributed by atoms with Crippen molar-refractivity contribution in [1.82, 2.24) is 5.32 Å². The van der Waals surface area contributed by atoms with Crippen molar-refractivity contribution in [3.8, 4) is 0 Å². The molecule has 3 rings (SSSR count). The average molecular weight is 258 g/mol. The SMILES string of the molecule is CCCC1CC1NC(=O)c1ccc2c(c1)CC(=O)N2. The lowest BCUT2D eigenvalue weighted by molar-refractivity contribution is -0.115. The van der Waals surface area contributed by atoms with Crippen LogP contribution in [0.5, 0.6) is 0 Å². The van der Waals surface area contributed by atoms with Gasteiger partial charge >= 0.3 is 0 Å². The van der Waals surface area contributed by atoms with Crippen LogP contribution < -0.4 is 10.6 Å². The number of carbonyl (C=O) groups excluding carboxylic acids is 2. The van der Waals surface area contributed by atoms with Crippen molar-refractivity contribution in [3.63, 3.8) is 0 Å². The molecule has 0 radical (unpaired) electrons. The van der Waals surface area contributed by atoms with Gasteiger partial charge in [0.05, 0.1) is 6.42 Å². The van der Waals surface area contributed by atoms with E-state index in [0.29, 0.717) is 23.9 Å². The van der Waals surface area contributed by atoms with Crippen LogP contribution in [0.3, 0.4) is 0 Å². The van der Waals surface area contributed by atoms with Gasteiger partial charge in [0.2, 0.25) is 5.91 Å². The first-order chi connectivity index (χ1) is 9.17. The predicted molar refractivity (Wildman–Crippen MR) is 73.0 cm³/mol. The van der Waals surface area contributed by atoms with Gasteiger partial charge in [-0.3, -0.25) is 9.59 Å². The third-order valence-corrected chi connectivity index (χ3v) is 3.89. The van der Waals surface area contributed by atoms with Crippen molar-refractivity contribution in [2.24, 2.45) is 5.92 Å². The molecule has 2 unspecified atom stereocenters. The first-order valence-corrected chi connectivity index (χ1v) is 6.91. The van der Waals surface area contributed by atoms with Crippen LogP contribution in [0, 0.1) is 5.92 Å². The summed E-state index contributed by atoms with van der Waals surface area (Å²) in [6, 6.07) is 5.75. The fourth-order valence-electron chi connectivity index (χ4n) is 2.74. The van der Waals surface area contributed by atoms with Crippen LogP contribution in [-0.2, 0) is 11.2 Å². The molecular formula is C15H18N2O2. The molecule has 1 aliphatic carbocycles. The molecule has 4 nitrogen and oxygen atoms in total. The van der Waals surface area contributed by atoms with Gasteiger partial charge in [0.25, 0.3) is 5.91 Å². The number of benzene rings is 1. The normalized spacial score (nSPS) is 23.7. The van der Waals surface area contributed by atoms with E-state index in [2.05, 4.69) is 17.6 Å².